The number of benzene rings is 1. The summed E-state index contributed by atoms with van der Waals surface area (Å²) in [6.45, 7) is 0. The van der Waals surface area contributed by atoms with E-state index in [1.807, 2.05) is 5.43 Å². The lowest BCUT2D eigenvalue weighted by Crippen LogP contribution is -2.32. The Bertz CT molecular complexity index is 1070. The highest BCUT2D eigenvalue weighted by molar-refractivity contribution is 7.16. The third-order valence-corrected chi connectivity index (χ3v) is 5.71. The molecule has 9 nitrogen and oxygen atoms in total. The van der Waals surface area contributed by atoms with Crippen LogP contribution in [0, 0.1) is 21.4 Å². The number of hydrogen-bond acceptors (Lipinski definition) is 7. The van der Waals surface area contributed by atoms with Crippen LogP contribution in [0.1, 0.15) is 34.4 Å². The Balaban J connectivity index is 1.68. The fraction of sp³-hybridized carbons (Fsp3) is 0.222. The van der Waals surface area contributed by atoms with E-state index >= 15 is 0 Å². The highest BCUT2D eigenvalue weighted by atomic mass is 35.5. The number of anilines is 1. The van der Waals surface area contributed by atoms with Gasteiger partial charge in [0, 0.05) is 16.0 Å². The van der Waals surface area contributed by atoms with Gasteiger partial charge in [-0.25, -0.2) is 5.43 Å². The van der Waals surface area contributed by atoms with Gasteiger partial charge in [-0.3, -0.25) is 19.7 Å². The molecule has 0 bridgehead atoms. The summed E-state index contributed by atoms with van der Waals surface area (Å²) in [5.41, 5.74) is 3.16. The molecule has 0 aliphatic heterocycles. The molecule has 29 heavy (non-hydrogen) atoms. The van der Waals surface area contributed by atoms with E-state index in [-0.39, 0.29) is 16.3 Å². The minimum absolute atomic E-state index is 0.0703. The molecule has 0 spiro atoms. The van der Waals surface area contributed by atoms with Gasteiger partial charge in [0.25, 0.3) is 5.69 Å². The van der Waals surface area contributed by atoms with E-state index in [0.717, 1.165) is 42.3 Å². The summed E-state index contributed by atoms with van der Waals surface area (Å²) in [6.07, 6.45) is 4.66. The van der Waals surface area contributed by atoms with Gasteiger partial charge in [-0.15, -0.1) is 11.3 Å². The van der Waals surface area contributed by atoms with Gasteiger partial charge in [0.2, 0.25) is 0 Å². The maximum Gasteiger partial charge on any atom is 0.329 e. The molecular weight excluding hydrogens is 418 g/mol. The fourth-order valence-corrected chi connectivity index (χ4v) is 4.35. The number of nitro groups is 1. The average Bonchev–Trinajstić information content (AvgIpc) is 3.04. The lowest BCUT2D eigenvalue weighted by Gasteiger charge is -2.09. The van der Waals surface area contributed by atoms with Crippen LogP contribution in [0.4, 0.5) is 10.7 Å². The van der Waals surface area contributed by atoms with Gasteiger partial charge in [-0.1, -0.05) is 11.6 Å². The van der Waals surface area contributed by atoms with E-state index in [0.29, 0.717) is 10.6 Å². The quantitative estimate of drug-likeness (QED) is 0.331. The zero-order valence-electron chi connectivity index (χ0n) is 14.9. The number of nitro benzene ring substituents is 1. The zero-order chi connectivity index (χ0) is 21.0. The first-order chi connectivity index (χ1) is 13.9. The van der Waals surface area contributed by atoms with E-state index in [1.54, 1.807) is 0 Å². The van der Waals surface area contributed by atoms with Gasteiger partial charge in [0.15, 0.2) is 0 Å². The minimum atomic E-state index is -1.07. The van der Waals surface area contributed by atoms with E-state index in [1.165, 1.54) is 29.5 Å². The van der Waals surface area contributed by atoms with Gasteiger partial charge in [-0.2, -0.15) is 10.4 Å². The molecule has 11 heteroatoms. The molecule has 2 amide bonds. The minimum Gasteiger partial charge on any atom is -0.308 e. The topological polar surface area (TPSA) is 137 Å². The van der Waals surface area contributed by atoms with Gasteiger partial charge in [0.05, 0.1) is 22.3 Å². The van der Waals surface area contributed by atoms with Crippen molar-refractivity contribution in [2.24, 2.45) is 5.10 Å². The monoisotopic (exact) mass is 431 g/mol. The number of nitrogens with one attached hydrogen (secondary N) is 2. The lowest BCUT2D eigenvalue weighted by atomic mass is 9.96. The van der Waals surface area contributed by atoms with Crippen molar-refractivity contribution in [2.45, 2.75) is 25.7 Å². The molecule has 0 saturated carbocycles. The second-order valence-corrected chi connectivity index (χ2v) is 7.68. The molecule has 2 aromatic rings. The number of fused-ring (bicyclic) bond motifs is 1. The molecule has 1 aromatic heterocycles. The van der Waals surface area contributed by atoms with Crippen molar-refractivity contribution in [1.82, 2.24) is 5.43 Å². The van der Waals surface area contributed by atoms with Crippen LogP contribution >= 0.6 is 22.9 Å². The first-order valence-electron chi connectivity index (χ1n) is 8.53. The Morgan fingerprint density at radius 3 is 2.79 bits per heavy atom. The molecule has 0 fully saturated rings. The summed E-state index contributed by atoms with van der Waals surface area (Å²) in [4.78, 5) is 35.6. The Hall–Kier alpha value is -3.29. The Kier molecular flexibility index (Phi) is 6.21. The molecule has 1 aromatic carbocycles. The smallest absolute Gasteiger partial charge is 0.308 e. The number of nitriles is 1. The molecule has 2 N–H and O–H groups in total. The predicted octanol–water partition coefficient (Wildman–Crippen LogP) is 3.15. The molecule has 1 aliphatic rings. The summed E-state index contributed by atoms with van der Waals surface area (Å²) in [7, 11) is 0. The van der Waals surface area contributed by atoms with Crippen molar-refractivity contribution in [2.75, 3.05) is 5.32 Å². The second kappa shape index (κ2) is 8.81. The van der Waals surface area contributed by atoms with E-state index < -0.39 is 16.7 Å². The van der Waals surface area contributed by atoms with Gasteiger partial charge < -0.3 is 5.32 Å². The number of carbonyl (C=O) groups is 2. The van der Waals surface area contributed by atoms with Crippen LogP contribution in [-0.4, -0.2) is 23.0 Å². The SMILES string of the molecule is N#Cc1c(NC(=O)C(=O)N/N=C/c2cc(Cl)ccc2[N+](=O)[O-])sc2c1CCCC2. The van der Waals surface area contributed by atoms with Crippen molar-refractivity contribution in [3.05, 3.63) is 54.9 Å². The molecule has 0 unspecified atom stereocenters. The predicted molar refractivity (Wildman–Crippen MR) is 108 cm³/mol. The van der Waals surface area contributed by atoms with Crippen LogP contribution in [0.2, 0.25) is 5.02 Å². The molecule has 0 atom stereocenters. The molecule has 148 valence electrons. The van der Waals surface area contributed by atoms with Crippen molar-refractivity contribution in [1.29, 1.82) is 5.26 Å². The number of rotatable bonds is 4. The number of hydrazone groups is 1. The number of carbonyl (C=O) groups excluding carboxylic acids is 2. The summed E-state index contributed by atoms with van der Waals surface area (Å²) < 4.78 is 0. The van der Waals surface area contributed by atoms with Crippen LogP contribution in [0.15, 0.2) is 23.3 Å². The standard InChI is InChI=1S/C18H14ClN5O4S/c19-11-5-6-14(24(27)28)10(7-11)9-21-23-17(26)16(25)22-18-13(8-20)12-3-1-2-4-15(12)29-18/h5-7,9H,1-4H2,(H,22,25)(H,23,26)/b21-9+. The number of hydrogen-bond donors (Lipinski definition) is 2. The van der Waals surface area contributed by atoms with E-state index in [2.05, 4.69) is 16.5 Å². The molecule has 1 heterocycles. The van der Waals surface area contributed by atoms with Crippen LogP contribution < -0.4 is 10.7 Å². The third-order valence-electron chi connectivity index (χ3n) is 4.27. The van der Waals surface area contributed by atoms with Crippen molar-refractivity contribution in [3.63, 3.8) is 0 Å². The Labute approximate surface area is 174 Å². The van der Waals surface area contributed by atoms with Crippen molar-refractivity contribution in [3.8, 4) is 6.07 Å². The normalized spacial score (nSPS) is 12.8. The van der Waals surface area contributed by atoms with Gasteiger partial charge in [0.1, 0.15) is 11.1 Å². The summed E-state index contributed by atoms with van der Waals surface area (Å²) in [5, 5.41) is 27.0. The first-order valence-corrected chi connectivity index (χ1v) is 9.73. The average molecular weight is 432 g/mol. The summed E-state index contributed by atoms with van der Waals surface area (Å²) >= 11 is 7.11. The summed E-state index contributed by atoms with van der Waals surface area (Å²) in [6, 6.07) is 5.97. The van der Waals surface area contributed by atoms with Gasteiger partial charge >= 0.3 is 11.8 Å². The highest BCUT2D eigenvalue weighted by Gasteiger charge is 2.23. The molecule has 3 rings (SSSR count). The summed E-state index contributed by atoms with van der Waals surface area (Å²) in [5.74, 6) is -2.06. The van der Waals surface area contributed by atoms with Crippen molar-refractivity contribution < 1.29 is 14.5 Å². The molecule has 0 radical (unpaired) electrons. The van der Waals surface area contributed by atoms with E-state index in [4.69, 9.17) is 11.6 Å². The largest absolute Gasteiger partial charge is 0.329 e. The third kappa shape index (κ3) is 4.59. The van der Waals surface area contributed by atoms with Crippen LogP contribution in [0.25, 0.3) is 0 Å². The van der Waals surface area contributed by atoms with Crippen LogP contribution in [0.5, 0.6) is 0 Å². The Morgan fingerprint density at radius 2 is 2.07 bits per heavy atom. The number of amides is 2. The van der Waals surface area contributed by atoms with Crippen molar-refractivity contribution >= 4 is 51.7 Å². The Morgan fingerprint density at radius 1 is 1.31 bits per heavy atom. The number of nitrogens with zero attached hydrogens (tertiary/aromatic N) is 3. The highest BCUT2D eigenvalue weighted by Crippen LogP contribution is 2.37. The van der Waals surface area contributed by atoms with E-state index in [9.17, 15) is 25.0 Å². The van der Waals surface area contributed by atoms with Crippen LogP contribution in [0.3, 0.4) is 0 Å². The number of aryl methyl sites for hydroxylation is 1. The molecule has 1 aliphatic carbocycles. The van der Waals surface area contributed by atoms with Crippen LogP contribution in [-0.2, 0) is 22.4 Å². The maximum absolute atomic E-state index is 12.1. The first kappa shape index (κ1) is 20.4. The number of halogens is 1. The lowest BCUT2D eigenvalue weighted by molar-refractivity contribution is -0.385. The van der Waals surface area contributed by atoms with Gasteiger partial charge in [-0.05, 0) is 43.4 Å². The maximum atomic E-state index is 12.1. The molecule has 0 saturated heterocycles. The number of thiophene rings is 1. The zero-order valence-corrected chi connectivity index (χ0v) is 16.5. The molecular formula is C18H14ClN5O4S. The second-order valence-electron chi connectivity index (χ2n) is 6.14. The fourth-order valence-electron chi connectivity index (χ4n) is 2.94.